The number of alkyl halides is 3. The molecule has 2 aliphatic heterocycles. The van der Waals surface area contributed by atoms with E-state index in [1.807, 2.05) is 6.07 Å². The first-order valence-electron chi connectivity index (χ1n) is 10.5. The molecule has 4 rings (SSSR count). The molecule has 0 saturated carbocycles. The Kier molecular flexibility index (Phi) is 7.31. The number of halogens is 5. The van der Waals surface area contributed by atoms with Crippen LogP contribution in [0.3, 0.4) is 0 Å². The average molecular weight is 554 g/mol. The van der Waals surface area contributed by atoms with Crippen LogP contribution in [0, 0.1) is 11.3 Å². The van der Waals surface area contributed by atoms with Crippen LogP contribution in [-0.4, -0.2) is 48.6 Å². The molecular formula is C23H16Cl2F3N5O4. The predicted molar refractivity (Wildman–Crippen MR) is 128 cm³/mol. The fourth-order valence-electron chi connectivity index (χ4n) is 3.57. The van der Waals surface area contributed by atoms with Crippen LogP contribution in [0.4, 0.5) is 23.7 Å². The molecule has 3 amide bonds. The number of nitriles is 1. The lowest BCUT2D eigenvalue weighted by Crippen LogP contribution is -2.42. The Morgan fingerprint density at radius 1 is 1.19 bits per heavy atom. The van der Waals surface area contributed by atoms with Crippen molar-refractivity contribution in [3.63, 3.8) is 0 Å². The van der Waals surface area contributed by atoms with Gasteiger partial charge in [-0.05, 0) is 42.3 Å². The van der Waals surface area contributed by atoms with Crippen molar-refractivity contribution in [3.05, 3.63) is 63.8 Å². The number of nitrogens with zero attached hydrogens (tertiary/aromatic N) is 4. The first kappa shape index (κ1) is 26.3. The minimum atomic E-state index is -4.48. The lowest BCUT2D eigenvalue weighted by Gasteiger charge is -2.28. The first-order chi connectivity index (χ1) is 17.5. The SMILES string of the molecule is C=C1NC(=O)N(c2cc(Cl)c(Oc3ccc4c(c3)CCN(COCC(F)(F)F)C4=O)c(Cl)c2)N=C1C#N. The number of nitrogens with one attached hydrogen (secondary N) is 1. The highest BCUT2D eigenvalue weighted by Crippen LogP contribution is 2.41. The maximum Gasteiger partial charge on any atom is 0.411 e. The number of rotatable bonds is 6. The zero-order valence-corrected chi connectivity index (χ0v) is 20.2. The number of benzene rings is 2. The van der Waals surface area contributed by atoms with Crippen molar-refractivity contribution in [3.8, 4) is 17.6 Å². The van der Waals surface area contributed by atoms with Gasteiger partial charge < -0.3 is 19.7 Å². The van der Waals surface area contributed by atoms with Crippen LogP contribution < -0.4 is 15.1 Å². The fourth-order valence-corrected chi connectivity index (χ4v) is 4.12. The van der Waals surface area contributed by atoms with Crippen LogP contribution in [0.5, 0.6) is 11.5 Å². The maximum absolute atomic E-state index is 12.6. The van der Waals surface area contributed by atoms with Gasteiger partial charge in [-0.1, -0.05) is 29.8 Å². The molecule has 9 nitrogen and oxygen atoms in total. The minimum absolute atomic E-state index is 0.0372. The van der Waals surface area contributed by atoms with Crippen LogP contribution in [0.25, 0.3) is 0 Å². The Morgan fingerprint density at radius 3 is 2.54 bits per heavy atom. The molecule has 2 heterocycles. The van der Waals surface area contributed by atoms with Gasteiger partial charge in [0.1, 0.15) is 25.2 Å². The largest absolute Gasteiger partial charge is 0.454 e. The van der Waals surface area contributed by atoms with Crippen molar-refractivity contribution in [2.75, 3.05) is 24.9 Å². The molecule has 2 aromatic rings. The predicted octanol–water partition coefficient (Wildman–Crippen LogP) is 5.24. The molecule has 0 fully saturated rings. The Bertz CT molecular complexity index is 1350. The number of carbonyl (C=O) groups is 2. The number of hydrogen-bond donors (Lipinski definition) is 1. The standard InChI is InChI=1S/C23H16Cl2F3N5O4/c1-12-19(9-29)31-33(22(35)30-12)14-7-17(24)20(18(25)8-14)37-15-2-3-16-13(6-15)4-5-32(21(16)34)11-36-10-23(26,27)28/h2-3,6-8H,1,4-5,10-11H2,(H,30,35). The second-order valence-corrected chi connectivity index (χ2v) is 8.67. The summed E-state index contributed by atoms with van der Waals surface area (Å²) in [7, 11) is 0. The molecule has 0 aliphatic carbocycles. The van der Waals surface area contributed by atoms with Crippen molar-refractivity contribution in [2.45, 2.75) is 12.6 Å². The van der Waals surface area contributed by atoms with Gasteiger partial charge in [-0.15, -0.1) is 0 Å². The number of carbonyl (C=O) groups excluding carboxylic acids is 2. The van der Waals surface area contributed by atoms with E-state index in [4.69, 9.17) is 33.2 Å². The Balaban J connectivity index is 1.51. The Labute approximate surface area is 218 Å². The van der Waals surface area contributed by atoms with Crippen molar-refractivity contribution >= 4 is 46.5 Å². The van der Waals surface area contributed by atoms with Gasteiger partial charge in [0.15, 0.2) is 11.5 Å². The van der Waals surface area contributed by atoms with E-state index in [9.17, 15) is 22.8 Å². The second kappa shape index (κ2) is 10.3. The summed E-state index contributed by atoms with van der Waals surface area (Å²) in [6.45, 7) is 1.79. The number of urea groups is 1. The van der Waals surface area contributed by atoms with E-state index in [1.54, 1.807) is 6.07 Å². The molecule has 0 radical (unpaired) electrons. The van der Waals surface area contributed by atoms with Crippen molar-refractivity contribution < 1.29 is 32.2 Å². The molecule has 1 N–H and O–H groups in total. The number of ether oxygens (including phenoxy) is 2. The molecule has 0 atom stereocenters. The van der Waals surface area contributed by atoms with Crippen LogP contribution in [0.15, 0.2) is 47.7 Å². The van der Waals surface area contributed by atoms with Gasteiger partial charge in [0, 0.05) is 12.1 Å². The molecule has 192 valence electrons. The highest BCUT2D eigenvalue weighted by atomic mass is 35.5. The Hall–Kier alpha value is -3.79. The quantitative estimate of drug-likeness (QED) is 0.526. The first-order valence-corrected chi connectivity index (χ1v) is 11.2. The van der Waals surface area contributed by atoms with Crippen molar-refractivity contribution in [1.29, 1.82) is 5.26 Å². The van der Waals surface area contributed by atoms with E-state index in [1.165, 1.54) is 29.2 Å². The molecule has 0 bridgehead atoms. The number of allylic oxidation sites excluding steroid dienone is 1. The molecule has 0 aromatic heterocycles. The monoisotopic (exact) mass is 553 g/mol. The van der Waals surface area contributed by atoms with Crippen molar-refractivity contribution in [1.82, 2.24) is 10.2 Å². The van der Waals surface area contributed by atoms with E-state index < -0.39 is 31.5 Å². The molecule has 2 aromatic carbocycles. The van der Waals surface area contributed by atoms with Gasteiger partial charge >= 0.3 is 12.2 Å². The summed E-state index contributed by atoms with van der Waals surface area (Å²) in [6.07, 6.45) is -4.12. The molecule has 0 unspecified atom stereocenters. The van der Waals surface area contributed by atoms with Gasteiger partial charge in [0.2, 0.25) is 0 Å². The van der Waals surface area contributed by atoms with Gasteiger partial charge in [-0.3, -0.25) is 4.79 Å². The summed E-state index contributed by atoms with van der Waals surface area (Å²) < 4.78 is 47.3. The van der Waals surface area contributed by atoms with E-state index in [-0.39, 0.29) is 39.4 Å². The summed E-state index contributed by atoms with van der Waals surface area (Å²) in [5, 5.41) is 16.5. The molecular weight excluding hydrogens is 538 g/mol. The molecule has 0 saturated heterocycles. The third-order valence-corrected chi connectivity index (χ3v) is 5.81. The molecule has 2 aliphatic rings. The number of hydrazone groups is 1. The van der Waals surface area contributed by atoms with E-state index >= 15 is 0 Å². The second-order valence-electron chi connectivity index (χ2n) is 7.85. The summed E-state index contributed by atoms with van der Waals surface area (Å²) in [6, 6.07) is 8.48. The van der Waals surface area contributed by atoms with E-state index in [0.717, 1.165) is 5.01 Å². The highest BCUT2D eigenvalue weighted by Gasteiger charge is 2.30. The lowest BCUT2D eigenvalue weighted by atomic mass is 9.99. The van der Waals surface area contributed by atoms with Gasteiger partial charge in [-0.2, -0.15) is 28.5 Å². The van der Waals surface area contributed by atoms with E-state index in [2.05, 4.69) is 21.7 Å². The number of anilines is 1. The van der Waals surface area contributed by atoms with Gasteiger partial charge in [0.05, 0.1) is 21.4 Å². The normalized spacial score (nSPS) is 15.7. The summed E-state index contributed by atoms with van der Waals surface area (Å²) in [5.41, 5.74) is 1.07. The third-order valence-electron chi connectivity index (χ3n) is 5.25. The minimum Gasteiger partial charge on any atom is -0.454 e. The maximum atomic E-state index is 12.6. The summed E-state index contributed by atoms with van der Waals surface area (Å²) in [4.78, 5) is 26.1. The molecule has 0 spiro atoms. The average Bonchev–Trinajstić information content (AvgIpc) is 2.82. The zero-order chi connectivity index (χ0) is 26.9. The molecule has 14 heteroatoms. The van der Waals surface area contributed by atoms with Gasteiger partial charge in [-0.25, -0.2) is 4.79 Å². The van der Waals surface area contributed by atoms with Crippen LogP contribution in [-0.2, 0) is 11.2 Å². The van der Waals surface area contributed by atoms with Crippen LogP contribution in [0.1, 0.15) is 15.9 Å². The Morgan fingerprint density at radius 2 is 1.89 bits per heavy atom. The smallest absolute Gasteiger partial charge is 0.411 e. The number of hydrogen-bond acceptors (Lipinski definition) is 6. The number of amides is 3. The third kappa shape index (κ3) is 5.80. The van der Waals surface area contributed by atoms with Gasteiger partial charge in [0.25, 0.3) is 5.91 Å². The lowest BCUT2D eigenvalue weighted by molar-refractivity contribution is -0.181. The van der Waals surface area contributed by atoms with Crippen LogP contribution in [0.2, 0.25) is 10.0 Å². The summed E-state index contributed by atoms with van der Waals surface area (Å²) >= 11 is 12.7. The summed E-state index contributed by atoms with van der Waals surface area (Å²) in [5.74, 6) is -0.0838. The van der Waals surface area contributed by atoms with Crippen molar-refractivity contribution in [2.24, 2.45) is 5.10 Å². The molecule has 37 heavy (non-hydrogen) atoms. The topological polar surface area (TPSA) is 107 Å². The fraction of sp³-hybridized carbons (Fsp3) is 0.217. The van der Waals surface area contributed by atoms with Crippen LogP contribution >= 0.6 is 23.2 Å². The van der Waals surface area contributed by atoms with E-state index in [0.29, 0.717) is 23.3 Å². The zero-order valence-electron chi connectivity index (χ0n) is 18.7. The number of fused-ring (bicyclic) bond motifs is 1. The highest BCUT2D eigenvalue weighted by molar-refractivity contribution is 6.37.